The van der Waals surface area contributed by atoms with E-state index in [1.807, 2.05) is 47.7 Å². The third-order valence-electron chi connectivity index (χ3n) is 13.6. The van der Waals surface area contributed by atoms with E-state index >= 15 is 0 Å². The van der Waals surface area contributed by atoms with Crippen LogP contribution in [0.5, 0.6) is 0 Å². The van der Waals surface area contributed by atoms with Crippen LogP contribution < -0.4 is 0 Å². The van der Waals surface area contributed by atoms with Crippen molar-refractivity contribution < 1.29 is 0 Å². The summed E-state index contributed by atoms with van der Waals surface area (Å²) in [5.41, 5.74) is 13.8. The molecule has 6 heteroatoms. The Morgan fingerprint density at radius 1 is 0.304 bits per heavy atom. The molecule has 4 aromatic heterocycles. The zero-order chi connectivity index (χ0) is 45.4. The van der Waals surface area contributed by atoms with Gasteiger partial charge in [0.05, 0.1) is 33.3 Å². The number of thiophene rings is 1. The standard InChI is InChI=1S/C63H39N5S/c1-4-19-40(20-5-1)43-35-36-48-47-27-12-16-32-55(47)68(57(48)37-43)56-33-18-29-50(59(56)63-65-61(41-21-6-2-7-22-41)64-62(66-63)42-23-8-3-9-24-42)52-39-44(38-51-49-28-13-17-34-58(49)69-60(51)52)67-53-30-14-10-25-45(53)46-26-11-15-31-54(46)67/h1-39H. The molecule has 0 aliphatic rings. The summed E-state index contributed by atoms with van der Waals surface area (Å²) in [6.45, 7) is 0. The molecule has 0 spiro atoms. The van der Waals surface area contributed by atoms with E-state index < -0.39 is 0 Å². The van der Waals surface area contributed by atoms with Gasteiger partial charge in [-0.25, -0.2) is 15.0 Å². The normalized spacial score (nSPS) is 11.8. The van der Waals surface area contributed by atoms with Crippen molar-refractivity contribution in [1.82, 2.24) is 24.1 Å². The molecule has 0 atom stereocenters. The molecular weight excluding hydrogens is 859 g/mol. The Morgan fingerprint density at radius 3 is 1.43 bits per heavy atom. The maximum absolute atomic E-state index is 5.52. The first-order valence-corrected chi connectivity index (χ1v) is 24.1. The van der Waals surface area contributed by atoms with E-state index in [2.05, 4.69) is 209 Å². The number of aromatic nitrogens is 5. The molecule has 4 heterocycles. The summed E-state index contributed by atoms with van der Waals surface area (Å²) in [4.78, 5) is 16.2. The average Bonchev–Trinajstić information content (AvgIpc) is 4.08. The highest BCUT2D eigenvalue weighted by Crippen LogP contribution is 2.48. The van der Waals surface area contributed by atoms with Crippen LogP contribution in [0.25, 0.3) is 132 Å². The first-order valence-electron chi connectivity index (χ1n) is 23.3. The summed E-state index contributed by atoms with van der Waals surface area (Å²) in [5, 5.41) is 7.23. The van der Waals surface area contributed by atoms with Crippen molar-refractivity contribution in [2.24, 2.45) is 0 Å². The number of hydrogen-bond donors (Lipinski definition) is 0. The van der Waals surface area contributed by atoms with Crippen LogP contribution >= 0.6 is 11.3 Å². The summed E-state index contributed by atoms with van der Waals surface area (Å²) >= 11 is 1.84. The minimum atomic E-state index is 0.593. The minimum Gasteiger partial charge on any atom is -0.309 e. The zero-order valence-electron chi connectivity index (χ0n) is 37.2. The van der Waals surface area contributed by atoms with Crippen LogP contribution in [0.15, 0.2) is 237 Å². The maximum atomic E-state index is 5.52. The lowest BCUT2D eigenvalue weighted by Gasteiger charge is -2.20. The van der Waals surface area contributed by atoms with Gasteiger partial charge >= 0.3 is 0 Å². The second kappa shape index (κ2) is 15.8. The summed E-state index contributed by atoms with van der Waals surface area (Å²) in [6.07, 6.45) is 0. The molecule has 5 nitrogen and oxygen atoms in total. The molecule has 69 heavy (non-hydrogen) atoms. The van der Waals surface area contributed by atoms with Crippen molar-refractivity contribution in [2.75, 3.05) is 0 Å². The fraction of sp³-hybridized carbons (Fsp3) is 0. The fourth-order valence-electron chi connectivity index (χ4n) is 10.5. The number of fused-ring (bicyclic) bond motifs is 9. The Hall–Kier alpha value is -8.97. The molecule has 0 amide bonds. The highest BCUT2D eigenvalue weighted by atomic mass is 32.1. The van der Waals surface area contributed by atoms with Crippen LogP contribution in [0, 0.1) is 0 Å². The smallest absolute Gasteiger partial charge is 0.166 e. The predicted octanol–water partition coefficient (Wildman–Crippen LogP) is 16.8. The van der Waals surface area contributed by atoms with E-state index in [9.17, 15) is 0 Å². The molecule has 0 unspecified atom stereocenters. The van der Waals surface area contributed by atoms with Gasteiger partial charge in [-0.1, -0.05) is 188 Å². The number of nitrogens with zero attached hydrogens (tertiary/aromatic N) is 5. The predicted molar refractivity (Wildman–Crippen MR) is 289 cm³/mol. The van der Waals surface area contributed by atoms with Crippen LogP contribution in [-0.2, 0) is 0 Å². The van der Waals surface area contributed by atoms with Gasteiger partial charge in [-0.2, -0.15) is 0 Å². The molecule has 0 bridgehead atoms. The van der Waals surface area contributed by atoms with Gasteiger partial charge in [-0.05, 0) is 65.2 Å². The molecule has 0 saturated carbocycles. The van der Waals surface area contributed by atoms with Gasteiger partial charge in [0.25, 0.3) is 0 Å². The Labute approximate surface area is 401 Å². The molecule has 322 valence electrons. The first kappa shape index (κ1) is 39.2. The van der Waals surface area contributed by atoms with Gasteiger partial charge in [-0.3, -0.25) is 0 Å². The fourth-order valence-corrected chi connectivity index (χ4v) is 11.7. The second-order valence-corrected chi connectivity index (χ2v) is 18.6. The van der Waals surface area contributed by atoms with Gasteiger partial charge in [-0.15, -0.1) is 11.3 Å². The lowest BCUT2D eigenvalue weighted by Crippen LogP contribution is -2.05. The van der Waals surface area contributed by atoms with Crippen molar-refractivity contribution >= 4 is 75.1 Å². The molecular formula is C63H39N5S. The Bertz CT molecular complexity index is 4190. The molecule has 0 aliphatic carbocycles. The summed E-state index contributed by atoms with van der Waals surface area (Å²) in [7, 11) is 0. The lowest BCUT2D eigenvalue weighted by atomic mass is 9.94. The van der Waals surface area contributed by atoms with E-state index in [4.69, 9.17) is 15.0 Å². The monoisotopic (exact) mass is 897 g/mol. The van der Waals surface area contributed by atoms with Crippen LogP contribution in [-0.4, -0.2) is 24.1 Å². The third kappa shape index (κ3) is 6.34. The molecule has 0 N–H and O–H groups in total. The van der Waals surface area contributed by atoms with Crippen molar-refractivity contribution in [3.8, 4) is 67.8 Å². The van der Waals surface area contributed by atoms with E-state index in [0.29, 0.717) is 17.5 Å². The SMILES string of the molecule is c1ccc(-c2ccc3c4ccccc4n(-c4cccc(-c5cc(-n6c7ccccc7c7ccccc76)cc6c5sc5ccccc56)c4-c4nc(-c5ccccc5)nc(-c5ccccc5)n4)c3c2)cc1. The first-order chi connectivity index (χ1) is 34.2. The van der Waals surface area contributed by atoms with Crippen LogP contribution in [0.2, 0.25) is 0 Å². The van der Waals surface area contributed by atoms with Crippen LogP contribution in [0.1, 0.15) is 0 Å². The highest BCUT2D eigenvalue weighted by Gasteiger charge is 2.26. The molecule has 0 saturated heterocycles. The number of rotatable bonds is 7. The lowest BCUT2D eigenvalue weighted by molar-refractivity contribution is 1.06. The quantitative estimate of drug-likeness (QED) is 0.160. The van der Waals surface area contributed by atoms with Gasteiger partial charge in [0.15, 0.2) is 17.5 Å². The summed E-state index contributed by atoms with van der Waals surface area (Å²) in [6, 6.07) is 84.6. The summed E-state index contributed by atoms with van der Waals surface area (Å²) in [5.74, 6) is 1.81. The molecule has 0 fully saturated rings. The highest BCUT2D eigenvalue weighted by molar-refractivity contribution is 7.26. The van der Waals surface area contributed by atoms with Gasteiger partial charge < -0.3 is 9.13 Å². The minimum absolute atomic E-state index is 0.593. The third-order valence-corrected chi connectivity index (χ3v) is 14.8. The van der Waals surface area contributed by atoms with E-state index in [-0.39, 0.29) is 0 Å². The van der Waals surface area contributed by atoms with Crippen molar-refractivity contribution in [3.05, 3.63) is 237 Å². The van der Waals surface area contributed by atoms with Gasteiger partial charge in [0.2, 0.25) is 0 Å². The number of benzene rings is 10. The van der Waals surface area contributed by atoms with Gasteiger partial charge in [0, 0.05) is 64.1 Å². The Morgan fingerprint density at radius 2 is 0.812 bits per heavy atom. The van der Waals surface area contributed by atoms with Crippen molar-refractivity contribution in [2.45, 2.75) is 0 Å². The second-order valence-electron chi connectivity index (χ2n) is 17.5. The van der Waals surface area contributed by atoms with Crippen LogP contribution in [0.4, 0.5) is 0 Å². The van der Waals surface area contributed by atoms with E-state index in [0.717, 1.165) is 72.4 Å². The number of para-hydroxylation sites is 3. The molecule has 14 rings (SSSR count). The Balaban J connectivity index is 1.14. The van der Waals surface area contributed by atoms with Crippen LogP contribution in [0.3, 0.4) is 0 Å². The molecule has 10 aromatic carbocycles. The molecule has 0 radical (unpaired) electrons. The zero-order valence-corrected chi connectivity index (χ0v) is 38.0. The maximum Gasteiger partial charge on any atom is 0.166 e. The van der Waals surface area contributed by atoms with Crippen molar-refractivity contribution in [1.29, 1.82) is 0 Å². The summed E-state index contributed by atoms with van der Waals surface area (Å²) < 4.78 is 7.31. The molecule has 0 aliphatic heterocycles. The average molecular weight is 898 g/mol. The molecule has 14 aromatic rings. The van der Waals surface area contributed by atoms with E-state index in [1.165, 1.54) is 41.7 Å². The number of hydrogen-bond acceptors (Lipinski definition) is 4. The Kier molecular flexibility index (Phi) is 9.00. The van der Waals surface area contributed by atoms with Gasteiger partial charge in [0.1, 0.15) is 0 Å². The van der Waals surface area contributed by atoms with E-state index in [1.54, 1.807) is 0 Å². The van der Waals surface area contributed by atoms with Crippen molar-refractivity contribution in [3.63, 3.8) is 0 Å². The largest absolute Gasteiger partial charge is 0.309 e. The topological polar surface area (TPSA) is 48.5 Å².